The van der Waals surface area contributed by atoms with Crippen molar-refractivity contribution in [3.8, 4) is 0 Å². The summed E-state index contributed by atoms with van der Waals surface area (Å²) in [7, 11) is 0. The quantitative estimate of drug-likeness (QED) is 0.729. The maximum atomic E-state index is 11.2. The van der Waals surface area contributed by atoms with Gasteiger partial charge in [0.25, 0.3) is 0 Å². The van der Waals surface area contributed by atoms with Crippen LogP contribution in [0.4, 0.5) is 0 Å². The number of hydrogen-bond donors (Lipinski definition) is 1. The molecular weight excluding hydrogens is 164 g/mol. The summed E-state index contributed by atoms with van der Waals surface area (Å²) in [5.74, 6) is 0.0401. The molecule has 1 N–H and O–H groups in total. The van der Waals surface area contributed by atoms with Gasteiger partial charge in [-0.05, 0) is 31.6 Å². The summed E-state index contributed by atoms with van der Waals surface area (Å²) in [5.41, 5.74) is -0.366. The molecule has 0 heterocycles. The first-order chi connectivity index (χ1) is 6.10. The summed E-state index contributed by atoms with van der Waals surface area (Å²) in [6, 6.07) is 0. The highest BCUT2D eigenvalue weighted by molar-refractivity contribution is 5.75. The van der Waals surface area contributed by atoms with E-state index in [4.69, 9.17) is 0 Å². The predicted octanol–water partition coefficient (Wildman–Crippen LogP) is 3.07. The fourth-order valence-corrected chi connectivity index (χ4v) is 2.44. The molecule has 0 bridgehead atoms. The minimum absolute atomic E-state index is 0.366. The highest BCUT2D eigenvalue weighted by atomic mass is 16.4. The summed E-state index contributed by atoms with van der Waals surface area (Å²) < 4.78 is 0. The van der Waals surface area contributed by atoms with Gasteiger partial charge in [-0.2, -0.15) is 0 Å². The molecule has 0 aromatic carbocycles. The Hall–Kier alpha value is -0.530. The molecule has 2 atom stereocenters. The number of aliphatic carboxylic acids is 1. The third kappa shape index (κ3) is 2.23. The highest BCUT2D eigenvalue weighted by Gasteiger charge is 2.43. The summed E-state index contributed by atoms with van der Waals surface area (Å²) in [6.45, 7) is 4.28. The Morgan fingerprint density at radius 1 is 1.62 bits per heavy atom. The lowest BCUT2D eigenvalue weighted by atomic mass is 9.80. The second-order valence-corrected chi connectivity index (χ2v) is 4.54. The molecule has 13 heavy (non-hydrogen) atoms. The monoisotopic (exact) mass is 184 g/mol. The Kier molecular flexibility index (Phi) is 3.34. The molecule has 0 saturated heterocycles. The van der Waals surface area contributed by atoms with Crippen LogP contribution in [-0.2, 0) is 4.79 Å². The molecule has 0 aliphatic heterocycles. The molecule has 1 saturated carbocycles. The summed E-state index contributed by atoms with van der Waals surface area (Å²) >= 11 is 0. The molecule has 0 aromatic heterocycles. The summed E-state index contributed by atoms with van der Waals surface area (Å²) in [4.78, 5) is 11.2. The van der Waals surface area contributed by atoms with E-state index in [-0.39, 0.29) is 5.41 Å². The number of carboxylic acids is 1. The first-order valence-corrected chi connectivity index (χ1v) is 5.34. The zero-order valence-corrected chi connectivity index (χ0v) is 8.68. The molecule has 1 aliphatic rings. The second kappa shape index (κ2) is 4.12. The van der Waals surface area contributed by atoms with Gasteiger partial charge in [-0.3, -0.25) is 4.79 Å². The van der Waals surface area contributed by atoms with Gasteiger partial charge in [0.15, 0.2) is 0 Å². The van der Waals surface area contributed by atoms with Crippen LogP contribution < -0.4 is 0 Å². The molecule has 76 valence electrons. The standard InChI is InChI=1S/C11H20O2/c1-3-4-6-11(10(12)13)7-5-9(2)8-11/h9H,3-8H2,1-2H3,(H,12,13). The molecular formula is C11H20O2. The van der Waals surface area contributed by atoms with Crippen molar-refractivity contribution in [2.75, 3.05) is 0 Å². The van der Waals surface area contributed by atoms with Gasteiger partial charge in [-0.1, -0.05) is 26.7 Å². The van der Waals surface area contributed by atoms with Crippen LogP contribution in [0.3, 0.4) is 0 Å². The first-order valence-electron chi connectivity index (χ1n) is 5.34. The van der Waals surface area contributed by atoms with E-state index in [1.165, 1.54) is 0 Å². The van der Waals surface area contributed by atoms with Gasteiger partial charge >= 0.3 is 5.97 Å². The Morgan fingerprint density at radius 2 is 2.31 bits per heavy atom. The molecule has 1 aliphatic carbocycles. The van der Waals surface area contributed by atoms with Gasteiger partial charge in [0, 0.05) is 0 Å². The van der Waals surface area contributed by atoms with Crippen molar-refractivity contribution in [3.05, 3.63) is 0 Å². The van der Waals surface area contributed by atoms with Crippen molar-refractivity contribution in [3.63, 3.8) is 0 Å². The van der Waals surface area contributed by atoms with E-state index in [1.807, 2.05) is 0 Å². The van der Waals surface area contributed by atoms with E-state index in [2.05, 4.69) is 13.8 Å². The normalized spacial score (nSPS) is 33.5. The Bertz CT molecular complexity index is 189. The van der Waals surface area contributed by atoms with Gasteiger partial charge in [-0.25, -0.2) is 0 Å². The smallest absolute Gasteiger partial charge is 0.309 e. The van der Waals surface area contributed by atoms with Gasteiger partial charge in [0.05, 0.1) is 5.41 Å². The van der Waals surface area contributed by atoms with Crippen LogP contribution >= 0.6 is 0 Å². The minimum atomic E-state index is -0.565. The molecule has 2 nitrogen and oxygen atoms in total. The topological polar surface area (TPSA) is 37.3 Å². The minimum Gasteiger partial charge on any atom is -0.481 e. The maximum absolute atomic E-state index is 11.2. The van der Waals surface area contributed by atoms with Crippen molar-refractivity contribution in [2.24, 2.45) is 11.3 Å². The van der Waals surface area contributed by atoms with Crippen LogP contribution in [0.25, 0.3) is 0 Å². The van der Waals surface area contributed by atoms with E-state index in [0.29, 0.717) is 5.92 Å². The number of rotatable bonds is 4. The summed E-state index contributed by atoms with van der Waals surface area (Å²) in [6.07, 6.45) is 5.91. The molecule has 0 radical (unpaired) electrons. The van der Waals surface area contributed by atoms with Crippen molar-refractivity contribution in [2.45, 2.75) is 52.4 Å². The highest BCUT2D eigenvalue weighted by Crippen LogP contribution is 2.45. The number of carbonyl (C=O) groups is 1. The molecule has 0 aromatic rings. The summed E-state index contributed by atoms with van der Waals surface area (Å²) in [5, 5.41) is 9.21. The molecule has 0 spiro atoms. The Labute approximate surface area is 80.3 Å². The zero-order valence-electron chi connectivity index (χ0n) is 8.68. The molecule has 2 heteroatoms. The fraction of sp³-hybridized carbons (Fsp3) is 0.909. The van der Waals surface area contributed by atoms with Crippen LogP contribution in [0, 0.1) is 11.3 Å². The fourth-order valence-electron chi connectivity index (χ4n) is 2.44. The number of hydrogen-bond acceptors (Lipinski definition) is 1. The molecule has 1 fully saturated rings. The lowest BCUT2D eigenvalue weighted by molar-refractivity contribution is -0.149. The van der Waals surface area contributed by atoms with Crippen LogP contribution in [0.5, 0.6) is 0 Å². The lowest BCUT2D eigenvalue weighted by Gasteiger charge is -2.23. The third-order valence-corrected chi connectivity index (χ3v) is 3.32. The van der Waals surface area contributed by atoms with E-state index in [1.54, 1.807) is 0 Å². The molecule has 0 amide bonds. The van der Waals surface area contributed by atoms with Crippen molar-refractivity contribution in [1.29, 1.82) is 0 Å². The van der Waals surface area contributed by atoms with E-state index < -0.39 is 5.97 Å². The lowest BCUT2D eigenvalue weighted by Crippen LogP contribution is -2.28. The van der Waals surface area contributed by atoms with Crippen molar-refractivity contribution in [1.82, 2.24) is 0 Å². The molecule has 1 rings (SSSR count). The van der Waals surface area contributed by atoms with Crippen molar-refractivity contribution < 1.29 is 9.90 Å². The Morgan fingerprint density at radius 3 is 2.69 bits per heavy atom. The zero-order chi connectivity index (χ0) is 9.90. The third-order valence-electron chi connectivity index (χ3n) is 3.32. The average Bonchev–Trinajstić information content (AvgIpc) is 2.45. The SMILES string of the molecule is CCCCC1(C(=O)O)CCC(C)C1. The van der Waals surface area contributed by atoms with E-state index >= 15 is 0 Å². The van der Waals surface area contributed by atoms with Crippen LogP contribution in [0.15, 0.2) is 0 Å². The second-order valence-electron chi connectivity index (χ2n) is 4.54. The van der Waals surface area contributed by atoms with Crippen molar-refractivity contribution >= 4 is 5.97 Å². The molecule has 2 unspecified atom stereocenters. The van der Waals surface area contributed by atoms with Crippen LogP contribution in [-0.4, -0.2) is 11.1 Å². The first kappa shape index (κ1) is 10.6. The van der Waals surface area contributed by atoms with Gasteiger partial charge in [0.1, 0.15) is 0 Å². The van der Waals surface area contributed by atoms with Gasteiger partial charge in [0.2, 0.25) is 0 Å². The average molecular weight is 184 g/mol. The van der Waals surface area contributed by atoms with E-state index in [0.717, 1.165) is 38.5 Å². The van der Waals surface area contributed by atoms with E-state index in [9.17, 15) is 9.90 Å². The number of carboxylic acid groups (broad SMARTS) is 1. The van der Waals surface area contributed by atoms with Crippen LogP contribution in [0.2, 0.25) is 0 Å². The predicted molar refractivity (Wildman–Crippen MR) is 52.6 cm³/mol. The largest absolute Gasteiger partial charge is 0.481 e. The van der Waals surface area contributed by atoms with Gasteiger partial charge in [-0.15, -0.1) is 0 Å². The van der Waals surface area contributed by atoms with Gasteiger partial charge < -0.3 is 5.11 Å². The van der Waals surface area contributed by atoms with Crippen LogP contribution in [0.1, 0.15) is 52.4 Å². The number of unbranched alkanes of at least 4 members (excludes halogenated alkanes) is 1. The maximum Gasteiger partial charge on any atom is 0.309 e. The Balaban J connectivity index is 2.60.